The summed E-state index contributed by atoms with van der Waals surface area (Å²) in [6.45, 7) is 0. The summed E-state index contributed by atoms with van der Waals surface area (Å²) < 4.78 is 0.773. The predicted octanol–water partition coefficient (Wildman–Crippen LogP) is -2.06. The minimum absolute atomic E-state index is 0.186. The molecule has 0 aromatic carbocycles. The van der Waals surface area contributed by atoms with Gasteiger partial charge in [0, 0.05) is 7.05 Å². The van der Waals surface area contributed by atoms with Crippen molar-refractivity contribution in [2.24, 2.45) is 4.99 Å². The van der Waals surface area contributed by atoms with Crippen LogP contribution >= 0.6 is 0 Å². The third-order valence-corrected chi connectivity index (χ3v) is 1.55. The average molecular weight is 186 g/mol. The maximum absolute atomic E-state index is 9.26. The molecule has 0 aliphatic heterocycles. The Morgan fingerprint density at radius 1 is 1.23 bits per heavy atom. The second kappa shape index (κ2) is 2.73. The second-order valence-electron chi connectivity index (χ2n) is 2.29. The van der Waals surface area contributed by atoms with Gasteiger partial charge in [-0.05, 0) is 0 Å². The van der Waals surface area contributed by atoms with Gasteiger partial charge in [-0.25, -0.2) is 0 Å². The van der Waals surface area contributed by atoms with E-state index < -0.39 is 5.49 Å². The van der Waals surface area contributed by atoms with Gasteiger partial charge < -0.3 is 21.9 Å². The first-order valence-corrected chi connectivity index (χ1v) is 3.29. The highest BCUT2D eigenvalue weighted by atomic mass is 16.5. The molecule has 0 spiro atoms. The summed E-state index contributed by atoms with van der Waals surface area (Å²) in [4.78, 5) is 3.54. The molecule has 8 heteroatoms. The average Bonchev–Trinajstić information content (AvgIpc) is 2.13. The van der Waals surface area contributed by atoms with E-state index in [0.29, 0.717) is 9.46 Å². The van der Waals surface area contributed by atoms with Crippen LogP contribution in [-0.2, 0) is 0 Å². The van der Waals surface area contributed by atoms with E-state index in [9.17, 15) is 5.21 Å². The van der Waals surface area contributed by atoms with Crippen molar-refractivity contribution >= 4 is 11.6 Å². The molecule has 8 nitrogen and oxygen atoms in total. The summed E-state index contributed by atoms with van der Waals surface area (Å²) in [6.07, 6.45) is 0. The molecular formula is C5H10N6O2. The normalized spacial score (nSPS) is 11.9. The van der Waals surface area contributed by atoms with Crippen molar-refractivity contribution in [3.05, 3.63) is 11.0 Å². The van der Waals surface area contributed by atoms with Gasteiger partial charge >= 0.3 is 0 Å². The van der Waals surface area contributed by atoms with Crippen LogP contribution in [0.25, 0.3) is 0 Å². The van der Waals surface area contributed by atoms with Gasteiger partial charge in [0.2, 0.25) is 11.0 Å². The number of nitrogen functional groups attached to an aromatic ring is 2. The van der Waals surface area contributed by atoms with Crippen molar-refractivity contribution < 1.29 is 10.4 Å². The van der Waals surface area contributed by atoms with Crippen molar-refractivity contribution in [1.82, 2.24) is 9.46 Å². The zero-order valence-electron chi connectivity index (χ0n) is 6.89. The van der Waals surface area contributed by atoms with Gasteiger partial charge in [-0.3, -0.25) is 10.4 Å². The van der Waals surface area contributed by atoms with E-state index in [4.69, 9.17) is 22.1 Å². The Morgan fingerprint density at radius 2 is 1.69 bits per heavy atom. The lowest BCUT2D eigenvalue weighted by molar-refractivity contribution is 0.142. The van der Waals surface area contributed by atoms with Crippen LogP contribution in [0.2, 0.25) is 0 Å². The molecule has 1 aromatic rings. The van der Waals surface area contributed by atoms with Crippen LogP contribution in [0.5, 0.6) is 0 Å². The monoisotopic (exact) mass is 186 g/mol. The summed E-state index contributed by atoms with van der Waals surface area (Å²) in [7, 11) is 1.34. The minimum atomic E-state index is -0.447. The highest BCUT2D eigenvalue weighted by Gasteiger charge is 2.08. The lowest BCUT2D eigenvalue weighted by Gasteiger charge is -2.09. The number of hydrogen-bond donors (Lipinski definition) is 5. The molecule has 1 aromatic heterocycles. The van der Waals surface area contributed by atoms with Crippen LogP contribution in [-0.4, -0.2) is 26.9 Å². The maximum atomic E-state index is 9.26. The van der Waals surface area contributed by atoms with Crippen molar-refractivity contribution in [2.45, 2.75) is 0 Å². The molecule has 1 heterocycles. The Bertz CT molecular complexity index is 455. The molecule has 72 valence electrons. The van der Waals surface area contributed by atoms with E-state index in [1.165, 1.54) is 7.05 Å². The highest BCUT2D eigenvalue weighted by Crippen LogP contribution is 2.04. The number of nitrogens with two attached hydrogens (primary N) is 2. The molecule has 0 saturated heterocycles. The Morgan fingerprint density at radius 3 is 2.15 bits per heavy atom. The van der Waals surface area contributed by atoms with E-state index >= 15 is 0 Å². The lowest BCUT2D eigenvalue weighted by Crippen LogP contribution is -2.43. The summed E-state index contributed by atoms with van der Waals surface area (Å²) in [5.41, 5.74) is 9.91. The number of nitrogens with one attached hydrogen (secondary N) is 1. The van der Waals surface area contributed by atoms with Crippen LogP contribution < -0.4 is 22.4 Å². The Kier molecular flexibility index (Phi) is 1.89. The third kappa shape index (κ3) is 1.08. The van der Waals surface area contributed by atoms with Crippen LogP contribution in [0.3, 0.4) is 0 Å². The van der Waals surface area contributed by atoms with Gasteiger partial charge in [0.05, 0.1) is 0 Å². The van der Waals surface area contributed by atoms with Crippen LogP contribution in [0.4, 0.5) is 11.6 Å². The molecule has 0 aliphatic rings. The molecule has 0 aliphatic carbocycles. The third-order valence-electron chi connectivity index (χ3n) is 1.55. The largest absolute Gasteiger partial charge is 0.425 e. The van der Waals surface area contributed by atoms with E-state index in [1.807, 2.05) is 0 Å². The number of aromatic nitrogens is 2. The summed E-state index contributed by atoms with van der Waals surface area (Å²) >= 11 is 0. The van der Waals surface area contributed by atoms with E-state index in [0.717, 1.165) is 0 Å². The van der Waals surface area contributed by atoms with E-state index in [1.54, 1.807) is 0 Å². The minimum Gasteiger partial charge on any atom is -0.425 e. The van der Waals surface area contributed by atoms with Gasteiger partial charge in [0.15, 0.2) is 11.6 Å². The van der Waals surface area contributed by atoms with Gasteiger partial charge in [0.25, 0.3) is 0 Å². The SMILES string of the molecule is CN=c1c(=N)n(O)c(N)c(N)n1O. The molecule has 0 unspecified atom stereocenters. The molecule has 13 heavy (non-hydrogen) atoms. The summed E-state index contributed by atoms with van der Waals surface area (Å²) in [5, 5.41) is 25.7. The number of nitrogens with zero attached hydrogens (tertiary/aromatic N) is 3. The zero-order chi connectivity index (χ0) is 10.2. The number of hydrogen-bond acceptors (Lipinski definition) is 6. The smallest absolute Gasteiger partial charge is 0.211 e. The Labute approximate surface area is 72.4 Å². The standard InChI is InChI=1S/C5H10N6O2/c1-9-5-4(8)10(12)2(6)3(7)11(5)13/h8,12-13H,6-7H2,1H3. The molecule has 0 saturated carbocycles. The van der Waals surface area contributed by atoms with E-state index in [-0.39, 0.29) is 17.1 Å². The molecule has 0 amide bonds. The summed E-state index contributed by atoms with van der Waals surface area (Å²) in [5.74, 6) is -0.598. The molecular weight excluding hydrogens is 176 g/mol. The number of rotatable bonds is 0. The molecule has 0 radical (unpaired) electrons. The highest BCUT2D eigenvalue weighted by molar-refractivity contribution is 5.51. The fraction of sp³-hybridized carbons (Fsp3) is 0.200. The molecule has 0 atom stereocenters. The van der Waals surface area contributed by atoms with E-state index in [2.05, 4.69) is 4.99 Å². The van der Waals surface area contributed by atoms with Crippen LogP contribution in [0.1, 0.15) is 0 Å². The van der Waals surface area contributed by atoms with Crippen LogP contribution in [0.15, 0.2) is 4.99 Å². The fourth-order valence-corrected chi connectivity index (χ4v) is 0.847. The van der Waals surface area contributed by atoms with Crippen LogP contribution in [0, 0.1) is 5.41 Å². The first-order chi connectivity index (χ1) is 6.00. The second-order valence-corrected chi connectivity index (χ2v) is 2.29. The van der Waals surface area contributed by atoms with Crippen molar-refractivity contribution in [3.63, 3.8) is 0 Å². The van der Waals surface area contributed by atoms with Crippen molar-refractivity contribution in [1.29, 1.82) is 5.41 Å². The van der Waals surface area contributed by atoms with Gasteiger partial charge in [0.1, 0.15) is 0 Å². The Hall–Kier alpha value is -2.12. The fourth-order valence-electron chi connectivity index (χ4n) is 0.847. The first kappa shape index (κ1) is 8.97. The maximum Gasteiger partial charge on any atom is 0.211 e. The van der Waals surface area contributed by atoms with Gasteiger partial charge in [-0.1, -0.05) is 0 Å². The summed E-state index contributed by atoms with van der Waals surface area (Å²) in [6, 6.07) is 0. The molecule has 1 rings (SSSR count). The Balaban J connectivity index is 3.90. The molecule has 7 N–H and O–H groups in total. The first-order valence-electron chi connectivity index (χ1n) is 3.29. The van der Waals surface area contributed by atoms with Gasteiger partial charge in [-0.15, -0.1) is 9.46 Å². The number of anilines is 2. The van der Waals surface area contributed by atoms with Gasteiger partial charge in [-0.2, -0.15) is 0 Å². The van der Waals surface area contributed by atoms with Crippen molar-refractivity contribution in [2.75, 3.05) is 18.5 Å². The quantitative estimate of drug-likeness (QED) is 0.297. The zero-order valence-corrected chi connectivity index (χ0v) is 6.89. The molecule has 0 bridgehead atoms. The lowest BCUT2D eigenvalue weighted by atomic mass is 10.6. The topological polar surface area (TPSA) is 139 Å². The van der Waals surface area contributed by atoms with Crippen molar-refractivity contribution in [3.8, 4) is 0 Å². The predicted molar refractivity (Wildman–Crippen MR) is 43.0 cm³/mol. The molecule has 0 fully saturated rings.